The molecule has 0 radical (unpaired) electrons. The fourth-order valence-electron chi connectivity index (χ4n) is 2.35. The first-order valence-corrected chi connectivity index (χ1v) is 7.28. The Morgan fingerprint density at radius 1 is 1.05 bits per heavy atom. The number of aromatic nitrogens is 2. The van der Waals surface area contributed by atoms with Crippen LogP contribution in [0, 0.1) is 27.7 Å². The zero-order valence-corrected chi connectivity index (χ0v) is 13.7. The number of carbonyl (C=O) groups excluding carboxylic acids is 1. The van der Waals surface area contributed by atoms with Crippen molar-refractivity contribution in [1.29, 1.82) is 0 Å². The van der Waals surface area contributed by atoms with E-state index in [4.69, 9.17) is 4.74 Å². The highest BCUT2D eigenvalue weighted by Crippen LogP contribution is 2.21. The van der Waals surface area contributed by atoms with Gasteiger partial charge in [0.2, 0.25) is 0 Å². The second-order valence-corrected chi connectivity index (χ2v) is 5.32. The molecule has 2 rings (SSSR count). The molecule has 5 nitrogen and oxygen atoms in total. The highest BCUT2D eigenvalue weighted by atomic mass is 16.5. The van der Waals surface area contributed by atoms with Crippen molar-refractivity contribution >= 4 is 11.6 Å². The molecule has 0 fully saturated rings. The van der Waals surface area contributed by atoms with Crippen LogP contribution in [0.2, 0.25) is 0 Å². The minimum Gasteiger partial charge on any atom is -0.464 e. The molecule has 1 amide bonds. The van der Waals surface area contributed by atoms with Crippen LogP contribution < -0.4 is 10.1 Å². The highest BCUT2D eigenvalue weighted by Gasteiger charge is 2.14. The zero-order chi connectivity index (χ0) is 16.3. The molecule has 22 heavy (non-hydrogen) atoms. The number of hydrogen-bond donors (Lipinski definition) is 1. The smallest absolute Gasteiger partial charge is 0.316 e. The molecule has 0 bridgehead atoms. The molecule has 0 atom stereocenters. The van der Waals surface area contributed by atoms with E-state index in [0.29, 0.717) is 35.3 Å². The fourth-order valence-corrected chi connectivity index (χ4v) is 2.35. The van der Waals surface area contributed by atoms with E-state index in [1.54, 1.807) is 0 Å². The van der Waals surface area contributed by atoms with Crippen LogP contribution in [-0.4, -0.2) is 22.5 Å². The van der Waals surface area contributed by atoms with E-state index < -0.39 is 0 Å². The van der Waals surface area contributed by atoms with Gasteiger partial charge in [-0.3, -0.25) is 4.79 Å². The molecule has 0 aliphatic rings. The highest BCUT2D eigenvalue weighted by molar-refractivity contribution is 6.05. The van der Waals surface area contributed by atoms with Crippen LogP contribution in [0.4, 0.5) is 5.69 Å². The number of nitrogens with one attached hydrogen (secondary N) is 1. The van der Waals surface area contributed by atoms with Gasteiger partial charge < -0.3 is 10.1 Å². The molecule has 0 spiro atoms. The first kappa shape index (κ1) is 15.9. The molecule has 0 saturated heterocycles. The summed E-state index contributed by atoms with van der Waals surface area (Å²) < 4.78 is 5.31. The molecule has 1 aromatic carbocycles. The zero-order valence-electron chi connectivity index (χ0n) is 13.7. The lowest BCUT2D eigenvalue weighted by atomic mass is 10.1. The van der Waals surface area contributed by atoms with Gasteiger partial charge in [0.25, 0.3) is 5.91 Å². The summed E-state index contributed by atoms with van der Waals surface area (Å²) in [5.74, 6) is -0.161. The van der Waals surface area contributed by atoms with Crippen LogP contribution >= 0.6 is 0 Å². The van der Waals surface area contributed by atoms with Crippen LogP contribution in [-0.2, 0) is 0 Å². The Hall–Kier alpha value is -2.43. The second kappa shape index (κ2) is 6.56. The Bertz CT molecular complexity index is 668. The lowest BCUT2D eigenvalue weighted by Crippen LogP contribution is -2.16. The Morgan fingerprint density at radius 3 is 2.09 bits per heavy atom. The average Bonchev–Trinajstić information content (AvgIpc) is 2.42. The van der Waals surface area contributed by atoms with Gasteiger partial charge in [-0.25, -0.2) is 0 Å². The van der Waals surface area contributed by atoms with Gasteiger partial charge in [0.05, 0.1) is 23.7 Å². The van der Waals surface area contributed by atoms with Crippen molar-refractivity contribution in [2.45, 2.75) is 34.6 Å². The number of aryl methyl sites for hydroxylation is 4. The van der Waals surface area contributed by atoms with Gasteiger partial charge in [0, 0.05) is 5.56 Å². The van der Waals surface area contributed by atoms with Gasteiger partial charge in [0.15, 0.2) is 0 Å². The SMILES string of the molecule is CCOc1nc(C)c(NC(=O)c2cc(C)cc(C)c2)c(C)n1. The van der Waals surface area contributed by atoms with Crippen molar-refractivity contribution < 1.29 is 9.53 Å². The molecule has 116 valence electrons. The molecule has 0 unspecified atom stereocenters. The molecular formula is C17H21N3O2. The molecular weight excluding hydrogens is 278 g/mol. The number of hydrogen-bond acceptors (Lipinski definition) is 4. The minimum atomic E-state index is -0.161. The van der Waals surface area contributed by atoms with Crippen LogP contribution in [0.15, 0.2) is 18.2 Å². The summed E-state index contributed by atoms with van der Waals surface area (Å²) in [4.78, 5) is 21.0. The van der Waals surface area contributed by atoms with E-state index >= 15 is 0 Å². The summed E-state index contributed by atoms with van der Waals surface area (Å²) in [7, 11) is 0. The maximum Gasteiger partial charge on any atom is 0.316 e. The molecule has 1 aromatic heterocycles. The predicted molar refractivity (Wildman–Crippen MR) is 86.5 cm³/mol. The molecule has 1 heterocycles. The first-order chi connectivity index (χ1) is 10.4. The summed E-state index contributed by atoms with van der Waals surface area (Å²) in [6.45, 7) is 9.99. The van der Waals surface area contributed by atoms with Crippen molar-refractivity contribution in [1.82, 2.24) is 9.97 Å². The molecule has 5 heteroatoms. The number of nitrogens with zero attached hydrogens (tertiary/aromatic N) is 2. The number of amides is 1. The molecule has 0 aliphatic carbocycles. The monoisotopic (exact) mass is 299 g/mol. The van der Waals surface area contributed by atoms with E-state index in [2.05, 4.69) is 15.3 Å². The quantitative estimate of drug-likeness (QED) is 0.940. The normalized spacial score (nSPS) is 10.4. The van der Waals surface area contributed by atoms with Gasteiger partial charge in [-0.05, 0) is 46.8 Å². The molecule has 0 saturated carbocycles. The molecule has 1 N–H and O–H groups in total. The third-order valence-corrected chi connectivity index (χ3v) is 3.25. The van der Waals surface area contributed by atoms with Crippen molar-refractivity contribution in [3.8, 4) is 6.01 Å². The van der Waals surface area contributed by atoms with Gasteiger partial charge in [-0.2, -0.15) is 9.97 Å². The molecule has 2 aromatic rings. The van der Waals surface area contributed by atoms with Crippen molar-refractivity contribution in [2.75, 3.05) is 11.9 Å². The van der Waals surface area contributed by atoms with E-state index in [1.807, 2.05) is 52.8 Å². The topological polar surface area (TPSA) is 64.1 Å². The first-order valence-electron chi connectivity index (χ1n) is 7.28. The van der Waals surface area contributed by atoms with Gasteiger partial charge in [-0.1, -0.05) is 17.2 Å². The van der Waals surface area contributed by atoms with Crippen LogP contribution in [0.25, 0.3) is 0 Å². The van der Waals surface area contributed by atoms with Crippen molar-refractivity contribution in [3.63, 3.8) is 0 Å². The molecule has 0 aliphatic heterocycles. The van der Waals surface area contributed by atoms with Gasteiger partial charge in [-0.15, -0.1) is 0 Å². The van der Waals surface area contributed by atoms with E-state index in [0.717, 1.165) is 11.1 Å². The summed E-state index contributed by atoms with van der Waals surface area (Å²) in [5, 5.41) is 2.90. The van der Waals surface area contributed by atoms with Gasteiger partial charge >= 0.3 is 6.01 Å². The van der Waals surface area contributed by atoms with E-state index in [-0.39, 0.29) is 5.91 Å². The third-order valence-electron chi connectivity index (χ3n) is 3.25. The third kappa shape index (κ3) is 3.61. The summed E-state index contributed by atoms with van der Waals surface area (Å²) in [5.41, 5.74) is 4.75. The second-order valence-electron chi connectivity index (χ2n) is 5.32. The van der Waals surface area contributed by atoms with Crippen LogP contribution in [0.3, 0.4) is 0 Å². The standard InChI is InChI=1S/C17H21N3O2/c1-6-22-17-18-12(4)15(13(5)19-17)20-16(21)14-8-10(2)7-11(3)9-14/h7-9H,6H2,1-5H3,(H,20,21). The summed E-state index contributed by atoms with van der Waals surface area (Å²) >= 11 is 0. The predicted octanol–water partition coefficient (Wildman–Crippen LogP) is 3.36. The number of anilines is 1. The Labute approximate surface area is 130 Å². The number of benzene rings is 1. The van der Waals surface area contributed by atoms with E-state index in [9.17, 15) is 4.79 Å². The van der Waals surface area contributed by atoms with E-state index in [1.165, 1.54) is 0 Å². The Morgan fingerprint density at radius 2 is 1.59 bits per heavy atom. The number of carbonyl (C=O) groups is 1. The van der Waals surface area contributed by atoms with Crippen LogP contribution in [0.1, 0.15) is 39.8 Å². The lowest BCUT2D eigenvalue weighted by molar-refractivity contribution is 0.102. The van der Waals surface area contributed by atoms with Gasteiger partial charge in [0.1, 0.15) is 0 Å². The summed E-state index contributed by atoms with van der Waals surface area (Å²) in [6, 6.07) is 6.10. The maximum absolute atomic E-state index is 12.4. The fraction of sp³-hybridized carbons (Fsp3) is 0.353. The van der Waals surface area contributed by atoms with Crippen molar-refractivity contribution in [2.24, 2.45) is 0 Å². The summed E-state index contributed by atoms with van der Waals surface area (Å²) in [6.07, 6.45) is 0. The lowest BCUT2D eigenvalue weighted by Gasteiger charge is -2.12. The number of rotatable bonds is 4. The minimum absolute atomic E-state index is 0.161. The van der Waals surface area contributed by atoms with Crippen LogP contribution in [0.5, 0.6) is 6.01 Å². The number of ether oxygens (including phenoxy) is 1. The Balaban J connectivity index is 2.28. The average molecular weight is 299 g/mol. The van der Waals surface area contributed by atoms with Crippen molar-refractivity contribution in [3.05, 3.63) is 46.3 Å². The Kier molecular flexibility index (Phi) is 4.75. The maximum atomic E-state index is 12.4. The largest absolute Gasteiger partial charge is 0.464 e.